The van der Waals surface area contributed by atoms with Crippen LogP contribution in [-0.2, 0) is 14.6 Å². The van der Waals surface area contributed by atoms with Crippen molar-refractivity contribution in [3.05, 3.63) is 30.1 Å². The Labute approximate surface area is 106 Å². The first-order valence-corrected chi connectivity index (χ1v) is 7.06. The topological polar surface area (TPSA) is 63.6 Å². The standard InChI is InChI=1S/C12H17FO4S/c1-12(2,17-3)11(14)8-18(15,16)10-7-5-4-6-9(10)13/h4-7,11,14H,8H2,1-3H3. The van der Waals surface area contributed by atoms with E-state index in [4.69, 9.17) is 4.74 Å². The van der Waals surface area contributed by atoms with Gasteiger partial charge in [-0.05, 0) is 26.0 Å². The summed E-state index contributed by atoms with van der Waals surface area (Å²) in [6.07, 6.45) is -1.24. The summed E-state index contributed by atoms with van der Waals surface area (Å²) < 4.78 is 42.4. The fourth-order valence-electron chi connectivity index (χ4n) is 1.33. The minimum absolute atomic E-state index is 0.407. The Hall–Kier alpha value is -0.980. The molecular weight excluding hydrogens is 259 g/mol. The maximum Gasteiger partial charge on any atom is 0.183 e. The van der Waals surface area contributed by atoms with Crippen molar-refractivity contribution in [2.75, 3.05) is 12.9 Å². The minimum Gasteiger partial charge on any atom is -0.389 e. The Balaban J connectivity index is 3.01. The molecule has 1 aromatic rings. The zero-order valence-electron chi connectivity index (χ0n) is 10.6. The average Bonchev–Trinajstić information content (AvgIpc) is 2.28. The second kappa shape index (κ2) is 5.34. The van der Waals surface area contributed by atoms with Gasteiger partial charge in [0, 0.05) is 7.11 Å². The predicted molar refractivity (Wildman–Crippen MR) is 65.5 cm³/mol. The summed E-state index contributed by atoms with van der Waals surface area (Å²) in [4.78, 5) is -0.407. The number of aliphatic hydroxyl groups is 1. The molecule has 0 bridgehead atoms. The van der Waals surface area contributed by atoms with Crippen LogP contribution in [0, 0.1) is 5.82 Å². The van der Waals surface area contributed by atoms with E-state index in [2.05, 4.69) is 0 Å². The zero-order valence-corrected chi connectivity index (χ0v) is 11.4. The number of hydrogen-bond donors (Lipinski definition) is 1. The average molecular weight is 276 g/mol. The van der Waals surface area contributed by atoms with E-state index in [1.54, 1.807) is 13.8 Å². The van der Waals surface area contributed by atoms with Gasteiger partial charge in [-0.1, -0.05) is 12.1 Å². The summed E-state index contributed by atoms with van der Waals surface area (Å²) in [7, 11) is -2.51. The maximum atomic E-state index is 13.4. The molecule has 0 saturated heterocycles. The molecule has 4 nitrogen and oxygen atoms in total. The summed E-state index contributed by atoms with van der Waals surface area (Å²) in [5, 5.41) is 9.84. The van der Waals surface area contributed by atoms with Gasteiger partial charge in [0.25, 0.3) is 0 Å². The van der Waals surface area contributed by atoms with Crippen molar-refractivity contribution < 1.29 is 22.7 Å². The lowest BCUT2D eigenvalue weighted by Crippen LogP contribution is -2.42. The molecule has 0 aliphatic heterocycles. The fraction of sp³-hybridized carbons (Fsp3) is 0.500. The van der Waals surface area contributed by atoms with E-state index in [0.717, 1.165) is 6.07 Å². The van der Waals surface area contributed by atoms with E-state index in [9.17, 15) is 17.9 Å². The van der Waals surface area contributed by atoms with Crippen LogP contribution in [0.4, 0.5) is 4.39 Å². The van der Waals surface area contributed by atoms with E-state index < -0.39 is 38.0 Å². The number of ether oxygens (including phenoxy) is 1. The monoisotopic (exact) mass is 276 g/mol. The fourth-order valence-corrected chi connectivity index (χ4v) is 2.98. The molecule has 18 heavy (non-hydrogen) atoms. The highest BCUT2D eigenvalue weighted by atomic mass is 32.2. The number of rotatable bonds is 5. The number of aliphatic hydroxyl groups excluding tert-OH is 1. The molecule has 0 spiro atoms. The van der Waals surface area contributed by atoms with Crippen molar-refractivity contribution >= 4 is 9.84 Å². The maximum absolute atomic E-state index is 13.4. The molecular formula is C12H17FO4S. The molecule has 1 rings (SSSR count). The third-order valence-electron chi connectivity index (χ3n) is 2.88. The molecule has 0 fully saturated rings. The second-order valence-electron chi connectivity index (χ2n) is 4.54. The van der Waals surface area contributed by atoms with Gasteiger partial charge in [0.15, 0.2) is 9.84 Å². The van der Waals surface area contributed by atoms with Gasteiger partial charge in [-0.15, -0.1) is 0 Å². The van der Waals surface area contributed by atoms with E-state index in [-0.39, 0.29) is 0 Å². The lowest BCUT2D eigenvalue weighted by molar-refractivity contribution is -0.0672. The molecule has 1 unspecified atom stereocenters. The molecule has 1 aromatic carbocycles. The van der Waals surface area contributed by atoms with Crippen LogP contribution in [0.2, 0.25) is 0 Å². The molecule has 0 aliphatic rings. The first-order chi connectivity index (χ1) is 8.20. The molecule has 1 atom stereocenters. The van der Waals surface area contributed by atoms with Crippen LogP contribution in [0.3, 0.4) is 0 Å². The molecule has 0 aliphatic carbocycles. The first-order valence-electron chi connectivity index (χ1n) is 5.41. The quantitative estimate of drug-likeness (QED) is 0.882. The van der Waals surface area contributed by atoms with Gasteiger partial charge in [-0.2, -0.15) is 0 Å². The third kappa shape index (κ3) is 3.28. The Morgan fingerprint density at radius 3 is 2.44 bits per heavy atom. The van der Waals surface area contributed by atoms with Crippen LogP contribution in [0.25, 0.3) is 0 Å². The normalized spacial score (nSPS) is 14.5. The SMILES string of the molecule is COC(C)(C)C(O)CS(=O)(=O)c1ccccc1F. The number of sulfone groups is 1. The predicted octanol–water partition coefficient (Wildman–Crippen LogP) is 1.39. The van der Waals surface area contributed by atoms with Crippen molar-refractivity contribution in [1.29, 1.82) is 0 Å². The molecule has 102 valence electrons. The molecule has 0 amide bonds. The van der Waals surface area contributed by atoms with Gasteiger partial charge in [0.05, 0.1) is 17.5 Å². The molecule has 1 N–H and O–H groups in total. The molecule has 0 radical (unpaired) electrons. The summed E-state index contributed by atoms with van der Waals surface area (Å²) in [6.45, 7) is 3.13. The Bertz CT molecular complexity index is 511. The Morgan fingerprint density at radius 2 is 1.94 bits per heavy atom. The number of hydrogen-bond acceptors (Lipinski definition) is 4. The molecule has 0 aromatic heterocycles. The van der Waals surface area contributed by atoms with Crippen LogP contribution in [-0.4, -0.2) is 38.1 Å². The summed E-state index contributed by atoms with van der Waals surface area (Å²) >= 11 is 0. The molecule has 0 heterocycles. The largest absolute Gasteiger partial charge is 0.389 e. The van der Waals surface area contributed by atoms with Crippen LogP contribution >= 0.6 is 0 Å². The van der Waals surface area contributed by atoms with Crippen LogP contribution in [0.15, 0.2) is 29.2 Å². The molecule has 0 saturated carbocycles. The lowest BCUT2D eigenvalue weighted by Gasteiger charge is -2.28. The van der Waals surface area contributed by atoms with Gasteiger partial charge >= 0.3 is 0 Å². The highest BCUT2D eigenvalue weighted by Gasteiger charge is 2.33. The highest BCUT2D eigenvalue weighted by molar-refractivity contribution is 7.91. The van der Waals surface area contributed by atoms with Crippen LogP contribution < -0.4 is 0 Å². The number of benzene rings is 1. The van der Waals surface area contributed by atoms with Gasteiger partial charge in [0.2, 0.25) is 0 Å². The van der Waals surface area contributed by atoms with Crippen molar-refractivity contribution in [3.8, 4) is 0 Å². The zero-order chi connectivity index (χ0) is 14.0. The van der Waals surface area contributed by atoms with E-state index >= 15 is 0 Å². The Kier molecular flexibility index (Phi) is 4.47. The third-order valence-corrected chi connectivity index (χ3v) is 4.63. The summed E-state index contributed by atoms with van der Waals surface area (Å²) in [6, 6.07) is 5.09. The van der Waals surface area contributed by atoms with Gasteiger partial charge in [0.1, 0.15) is 10.7 Å². The number of halogens is 1. The summed E-state index contributed by atoms with van der Waals surface area (Å²) in [5.74, 6) is -1.41. The lowest BCUT2D eigenvalue weighted by atomic mass is 10.0. The van der Waals surface area contributed by atoms with Crippen molar-refractivity contribution in [3.63, 3.8) is 0 Å². The highest BCUT2D eigenvalue weighted by Crippen LogP contribution is 2.21. The van der Waals surface area contributed by atoms with Gasteiger partial charge in [-0.3, -0.25) is 0 Å². The number of methoxy groups -OCH3 is 1. The van der Waals surface area contributed by atoms with Gasteiger partial charge < -0.3 is 9.84 Å². The van der Waals surface area contributed by atoms with E-state index in [1.165, 1.54) is 25.3 Å². The molecule has 6 heteroatoms. The Morgan fingerprint density at radius 1 is 1.39 bits per heavy atom. The van der Waals surface area contributed by atoms with E-state index in [1.807, 2.05) is 0 Å². The van der Waals surface area contributed by atoms with Crippen LogP contribution in [0.1, 0.15) is 13.8 Å². The van der Waals surface area contributed by atoms with Crippen LogP contribution in [0.5, 0.6) is 0 Å². The van der Waals surface area contributed by atoms with E-state index in [0.29, 0.717) is 0 Å². The van der Waals surface area contributed by atoms with Crippen molar-refractivity contribution in [2.24, 2.45) is 0 Å². The smallest absolute Gasteiger partial charge is 0.183 e. The minimum atomic E-state index is -3.89. The second-order valence-corrected chi connectivity index (χ2v) is 6.54. The van der Waals surface area contributed by atoms with Crippen molar-refractivity contribution in [2.45, 2.75) is 30.4 Å². The summed E-state index contributed by atoms with van der Waals surface area (Å²) in [5.41, 5.74) is -1.02. The first kappa shape index (κ1) is 15.1. The van der Waals surface area contributed by atoms with Crippen molar-refractivity contribution in [1.82, 2.24) is 0 Å². The van der Waals surface area contributed by atoms with Gasteiger partial charge in [-0.25, -0.2) is 12.8 Å².